The van der Waals surface area contributed by atoms with Crippen molar-refractivity contribution in [3.8, 4) is 0 Å². The SMILES string of the molecule is Cc1ccc(CCCNC(=O)CN(c2cccc(F)c2)S(C)(=O)=O)cc1. The van der Waals surface area contributed by atoms with Crippen LogP contribution in [0.4, 0.5) is 10.1 Å². The largest absolute Gasteiger partial charge is 0.355 e. The van der Waals surface area contributed by atoms with E-state index in [1.165, 1.54) is 29.3 Å². The highest BCUT2D eigenvalue weighted by Crippen LogP contribution is 2.18. The van der Waals surface area contributed by atoms with Crippen molar-refractivity contribution in [3.63, 3.8) is 0 Å². The third kappa shape index (κ3) is 6.15. The lowest BCUT2D eigenvalue weighted by atomic mass is 10.1. The fourth-order valence-corrected chi connectivity index (χ4v) is 3.34. The van der Waals surface area contributed by atoms with Crippen molar-refractivity contribution in [1.82, 2.24) is 5.32 Å². The highest BCUT2D eigenvalue weighted by molar-refractivity contribution is 7.92. The highest BCUT2D eigenvalue weighted by Gasteiger charge is 2.20. The molecule has 26 heavy (non-hydrogen) atoms. The number of hydrogen-bond donors (Lipinski definition) is 1. The second-order valence-corrected chi connectivity index (χ2v) is 8.10. The van der Waals surface area contributed by atoms with Crippen LogP contribution in [0, 0.1) is 12.7 Å². The summed E-state index contributed by atoms with van der Waals surface area (Å²) in [5, 5.41) is 2.71. The summed E-state index contributed by atoms with van der Waals surface area (Å²) in [4.78, 5) is 12.1. The molecule has 0 aromatic heterocycles. The van der Waals surface area contributed by atoms with Crippen molar-refractivity contribution in [3.05, 3.63) is 65.5 Å². The number of amides is 1. The zero-order valence-corrected chi connectivity index (χ0v) is 15.7. The molecule has 1 amide bonds. The first kappa shape index (κ1) is 19.9. The van der Waals surface area contributed by atoms with Gasteiger partial charge in [0.15, 0.2) is 0 Å². The van der Waals surface area contributed by atoms with Gasteiger partial charge in [-0.2, -0.15) is 0 Å². The molecule has 2 rings (SSSR count). The average molecular weight is 378 g/mol. The lowest BCUT2D eigenvalue weighted by molar-refractivity contribution is -0.119. The van der Waals surface area contributed by atoms with Crippen LogP contribution in [0.25, 0.3) is 0 Å². The maximum Gasteiger partial charge on any atom is 0.240 e. The van der Waals surface area contributed by atoms with Gasteiger partial charge in [-0.25, -0.2) is 12.8 Å². The monoisotopic (exact) mass is 378 g/mol. The molecule has 5 nitrogen and oxygen atoms in total. The molecule has 0 unspecified atom stereocenters. The van der Waals surface area contributed by atoms with Gasteiger partial charge in [0.2, 0.25) is 15.9 Å². The quantitative estimate of drug-likeness (QED) is 0.718. The second-order valence-electron chi connectivity index (χ2n) is 6.19. The Morgan fingerprint density at radius 2 is 1.85 bits per heavy atom. The van der Waals surface area contributed by atoms with E-state index in [9.17, 15) is 17.6 Å². The standard InChI is InChI=1S/C19H23FN2O3S/c1-15-8-10-16(11-9-15)5-4-12-21-19(23)14-22(26(2,24)25)18-7-3-6-17(20)13-18/h3,6-11,13H,4-5,12,14H2,1-2H3,(H,21,23). The lowest BCUT2D eigenvalue weighted by Gasteiger charge is -2.21. The Balaban J connectivity index is 1.88. The molecule has 0 spiro atoms. The van der Waals surface area contributed by atoms with Crippen LogP contribution in [0.5, 0.6) is 0 Å². The van der Waals surface area contributed by atoms with Crippen molar-refractivity contribution < 1.29 is 17.6 Å². The van der Waals surface area contributed by atoms with Gasteiger partial charge in [0, 0.05) is 6.54 Å². The van der Waals surface area contributed by atoms with Crippen molar-refractivity contribution in [2.45, 2.75) is 19.8 Å². The zero-order valence-electron chi connectivity index (χ0n) is 14.9. The molecule has 0 aliphatic carbocycles. The Morgan fingerprint density at radius 1 is 1.15 bits per heavy atom. The van der Waals surface area contributed by atoms with E-state index in [-0.39, 0.29) is 12.2 Å². The van der Waals surface area contributed by atoms with Crippen LogP contribution < -0.4 is 9.62 Å². The molecule has 0 fully saturated rings. The molecule has 0 radical (unpaired) electrons. The minimum atomic E-state index is -3.70. The van der Waals surface area contributed by atoms with Gasteiger partial charge in [0.1, 0.15) is 12.4 Å². The molecule has 1 N–H and O–H groups in total. The number of aryl methyl sites for hydroxylation is 2. The Kier molecular flexibility index (Phi) is 6.74. The minimum absolute atomic E-state index is 0.127. The number of hydrogen-bond acceptors (Lipinski definition) is 3. The summed E-state index contributed by atoms with van der Waals surface area (Å²) in [5.41, 5.74) is 2.50. The molecule has 2 aromatic rings. The summed E-state index contributed by atoms with van der Waals surface area (Å²) in [5.74, 6) is -0.988. The summed E-state index contributed by atoms with van der Waals surface area (Å²) >= 11 is 0. The van der Waals surface area contributed by atoms with Crippen molar-refractivity contribution >= 4 is 21.6 Å². The number of sulfonamides is 1. The molecular weight excluding hydrogens is 355 g/mol. The first-order valence-corrected chi connectivity index (χ1v) is 10.2. The van der Waals surface area contributed by atoms with Crippen LogP contribution in [0.1, 0.15) is 17.5 Å². The fourth-order valence-electron chi connectivity index (χ4n) is 2.49. The smallest absolute Gasteiger partial charge is 0.240 e. The number of carbonyl (C=O) groups is 1. The third-order valence-corrected chi connectivity index (χ3v) is 5.01. The van der Waals surface area contributed by atoms with Gasteiger partial charge in [-0.3, -0.25) is 9.10 Å². The van der Waals surface area contributed by atoms with Gasteiger partial charge in [-0.05, 0) is 43.5 Å². The molecule has 0 saturated heterocycles. The normalized spacial score (nSPS) is 11.2. The van der Waals surface area contributed by atoms with E-state index in [0.29, 0.717) is 6.54 Å². The van der Waals surface area contributed by atoms with Crippen molar-refractivity contribution in [2.24, 2.45) is 0 Å². The van der Waals surface area contributed by atoms with E-state index in [4.69, 9.17) is 0 Å². The van der Waals surface area contributed by atoms with Crippen LogP contribution in [0.2, 0.25) is 0 Å². The Bertz CT molecular complexity index is 851. The third-order valence-electron chi connectivity index (χ3n) is 3.87. The van der Waals surface area contributed by atoms with E-state index >= 15 is 0 Å². The van der Waals surface area contributed by atoms with Crippen LogP contribution in [-0.4, -0.2) is 33.7 Å². The number of benzene rings is 2. The van der Waals surface area contributed by atoms with Gasteiger partial charge >= 0.3 is 0 Å². The molecule has 0 atom stereocenters. The minimum Gasteiger partial charge on any atom is -0.355 e. The van der Waals surface area contributed by atoms with Gasteiger partial charge < -0.3 is 5.32 Å². The van der Waals surface area contributed by atoms with Gasteiger partial charge in [-0.1, -0.05) is 35.9 Å². The first-order valence-electron chi connectivity index (χ1n) is 8.31. The zero-order chi connectivity index (χ0) is 19.2. The van der Waals surface area contributed by atoms with Crippen molar-refractivity contribution in [2.75, 3.05) is 23.7 Å². The molecule has 0 saturated carbocycles. The topological polar surface area (TPSA) is 66.5 Å². The Morgan fingerprint density at radius 3 is 2.46 bits per heavy atom. The Labute approximate surface area is 153 Å². The van der Waals surface area contributed by atoms with Crippen LogP contribution in [0.3, 0.4) is 0 Å². The van der Waals surface area contributed by atoms with E-state index in [1.807, 2.05) is 31.2 Å². The van der Waals surface area contributed by atoms with Crippen LogP contribution in [-0.2, 0) is 21.2 Å². The molecule has 0 bridgehead atoms. The second kappa shape index (κ2) is 8.80. The molecule has 0 aliphatic heterocycles. The maximum atomic E-state index is 13.4. The highest BCUT2D eigenvalue weighted by atomic mass is 32.2. The van der Waals surface area contributed by atoms with Crippen molar-refractivity contribution in [1.29, 1.82) is 0 Å². The number of halogens is 1. The predicted molar refractivity (Wildman–Crippen MR) is 101 cm³/mol. The lowest BCUT2D eigenvalue weighted by Crippen LogP contribution is -2.40. The van der Waals surface area contributed by atoms with Gasteiger partial charge in [-0.15, -0.1) is 0 Å². The number of anilines is 1. The van der Waals surface area contributed by atoms with E-state index in [1.54, 1.807) is 0 Å². The number of carbonyl (C=O) groups excluding carboxylic acids is 1. The van der Waals surface area contributed by atoms with Crippen LogP contribution in [0.15, 0.2) is 48.5 Å². The summed E-state index contributed by atoms with van der Waals surface area (Å²) in [6.07, 6.45) is 2.55. The molecule has 7 heteroatoms. The number of nitrogens with one attached hydrogen (secondary N) is 1. The van der Waals surface area contributed by atoms with E-state index < -0.39 is 21.7 Å². The summed E-state index contributed by atoms with van der Waals surface area (Å²) in [6, 6.07) is 13.3. The first-order chi connectivity index (χ1) is 12.3. The van der Waals surface area contributed by atoms with E-state index in [0.717, 1.165) is 29.5 Å². The number of nitrogens with zero attached hydrogens (tertiary/aromatic N) is 1. The summed E-state index contributed by atoms with van der Waals surface area (Å²) in [7, 11) is -3.70. The molecule has 140 valence electrons. The Hall–Kier alpha value is -2.41. The number of rotatable bonds is 8. The molecule has 0 heterocycles. The van der Waals surface area contributed by atoms with E-state index in [2.05, 4.69) is 5.32 Å². The summed E-state index contributed by atoms with van der Waals surface area (Å²) in [6.45, 7) is 2.08. The predicted octanol–water partition coefficient (Wildman–Crippen LogP) is 2.65. The molecule has 2 aromatic carbocycles. The summed E-state index contributed by atoms with van der Waals surface area (Å²) < 4.78 is 38.1. The van der Waals surface area contributed by atoms with Crippen LogP contribution >= 0.6 is 0 Å². The molecular formula is C19H23FN2O3S. The maximum absolute atomic E-state index is 13.4. The average Bonchev–Trinajstić information content (AvgIpc) is 2.57. The van der Waals surface area contributed by atoms with Gasteiger partial charge in [0.05, 0.1) is 11.9 Å². The molecule has 0 aliphatic rings. The van der Waals surface area contributed by atoms with Gasteiger partial charge in [0.25, 0.3) is 0 Å². The fraction of sp³-hybridized carbons (Fsp3) is 0.316.